The smallest absolute Gasteiger partial charge is 0.0426 e. The Bertz CT molecular complexity index is 519. The van der Waals surface area contributed by atoms with Crippen molar-refractivity contribution in [1.82, 2.24) is 0 Å². The Morgan fingerprint density at radius 3 is 1.88 bits per heavy atom. The number of aryl methyl sites for hydroxylation is 1. The Labute approximate surface area is 112 Å². The molecule has 0 spiro atoms. The van der Waals surface area contributed by atoms with E-state index in [1.165, 1.54) is 5.56 Å². The summed E-state index contributed by atoms with van der Waals surface area (Å²) < 4.78 is 0. The molecule has 0 radical (unpaired) electrons. The molecule has 0 aliphatic rings. The fraction of sp³-hybridized carbons (Fsp3) is 0.0667. The first kappa shape index (κ1) is 12.2. The van der Waals surface area contributed by atoms with Crippen molar-refractivity contribution in [3.05, 3.63) is 69.2 Å². The minimum Gasteiger partial charge on any atom is -0.0843 e. The van der Waals surface area contributed by atoms with Crippen LogP contribution in [-0.2, 0) is 0 Å². The molecular formula is C15H12Cl2. The lowest BCUT2D eigenvalue weighted by atomic mass is 10.1. The molecule has 2 rings (SSSR count). The van der Waals surface area contributed by atoms with E-state index in [1.807, 2.05) is 24.3 Å². The van der Waals surface area contributed by atoms with E-state index in [0.29, 0.717) is 10.0 Å². The molecule has 0 saturated heterocycles. The zero-order valence-electron chi connectivity index (χ0n) is 9.45. The minimum absolute atomic E-state index is 0.654. The highest BCUT2D eigenvalue weighted by Crippen LogP contribution is 2.20. The van der Waals surface area contributed by atoms with Crippen molar-refractivity contribution in [3.63, 3.8) is 0 Å². The van der Waals surface area contributed by atoms with Gasteiger partial charge in [-0.3, -0.25) is 0 Å². The Morgan fingerprint density at radius 2 is 1.29 bits per heavy atom. The summed E-state index contributed by atoms with van der Waals surface area (Å²) in [5, 5.41) is 1.31. The molecule has 2 aromatic rings. The van der Waals surface area contributed by atoms with E-state index in [0.717, 1.165) is 11.1 Å². The van der Waals surface area contributed by atoms with Crippen LogP contribution in [-0.4, -0.2) is 0 Å². The normalized spacial score (nSPS) is 11.0. The molecule has 0 saturated carbocycles. The van der Waals surface area contributed by atoms with Gasteiger partial charge in [0.15, 0.2) is 0 Å². The molecule has 17 heavy (non-hydrogen) atoms. The summed E-state index contributed by atoms with van der Waals surface area (Å²) in [7, 11) is 0. The summed E-state index contributed by atoms with van der Waals surface area (Å²) in [6, 6.07) is 13.8. The van der Waals surface area contributed by atoms with Gasteiger partial charge in [0, 0.05) is 10.0 Å². The Hall–Kier alpha value is -1.24. The SMILES string of the molecule is Cc1ccc(/C=C/c2cc(Cl)cc(Cl)c2)cc1. The van der Waals surface area contributed by atoms with Crippen LogP contribution in [0.2, 0.25) is 10.0 Å². The molecule has 2 aromatic carbocycles. The Kier molecular flexibility index (Phi) is 3.88. The average molecular weight is 263 g/mol. The Morgan fingerprint density at radius 1 is 0.765 bits per heavy atom. The van der Waals surface area contributed by atoms with E-state index in [4.69, 9.17) is 23.2 Å². The van der Waals surface area contributed by atoms with Crippen LogP contribution in [0, 0.1) is 6.92 Å². The van der Waals surface area contributed by atoms with Gasteiger partial charge in [0.05, 0.1) is 0 Å². The van der Waals surface area contributed by atoms with Gasteiger partial charge < -0.3 is 0 Å². The highest BCUT2D eigenvalue weighted by molar-refractivity contribution is 6.34. The third-order valence-electron chi connectivity index (χ3n) is 2.43. The molecule has 0 aliphatic carbocycles. The molecular weight excluding hydrogens is 251 g/mol. The zero-order chi connectivity index (χ0) is 12.3. The molecule has 0 fully saturated rings. The molecule has 0 bridgehead atoms. The van der Waals surface area contributed by atoms with Crippen LogP contribution in [0.15, 0.2) is 42.5 Å². The molecule has 86 valence electrons. The molecule has 0 nitrogen and oxygen atoms in total. The van der Waals surface area contributed by atoms with E-state index in [-0.39, 0.29) is 0 Å². The quantitative estimate of drug-likeness (QED) is 0.630. The van der Waals surface area contributed by atoms with Gasteiger partial charge in [0.2, 0.25) is 0 Å². The van der Waals surface area contributed by atoms with Crippen LogP contribution in [0.25, 0.3) is 12.2 Å². The monoisotopic (exact) mass is 262 g/mol. The van der Waals surface area contributed by atoms with Crippen LogP contribution in [0.3, 0.4) is 0 Å². The van der Waals surface area contributed by atoms with Crippen molar-refractivity contribution in [2.45, 2.75) is 6.92 Å². The second-order valence-electron chi connectivity index (χ2n) is 3.95. The summed E-state index contributed by atoms with van der Waals surface area (Å²) in [5.41, 5.74) is 3.42. The number of hydrogen-bond donors (Lipinski definition) is 0. The van der Waals surface area contributed by atoms with Gasteiger partial charge >= 0.3 is 0 Å². The summed E-state index contributed by atoms with van der Waals surface area (Å²) in [6.07, 6.45) is 4.05. The molecule has 0 N–H and O–H groups in total. The second-order valence-corrected chi connectivity index (χ2v) is 4.82. The predicted molar refractivity (Wildman–Crippen MR) is 76.6 cm³/mol. The topological polar surface area (TPSA) is 0 Å². The number of benzene rings is 2. The van der Waals surface area contributed by atoms with Crippen LogP contribution < -0.4 is 0 Å². The number of halogens is 2. The highest BCUT2D eigenvalue weighted by atomic mass is 35.5. The minimum atomic E-state index is 0.654. The van der Waals surface area contributed by atoms with Crippen molar-refractivity contribution in [3.8, 4) is 0 Å². The highest BCUT2D eigenvalue weighted by Gasteiger charge is 1.95. The Balaban J connectivity index is 2.22. The van der Waals surface area contributed by atoms with Gasteiger partial charge in [0.1, 0.15) is 0 Å². The van der Waals surface area contributed by atoms with Gasteiger partial charge in [-0.15, -0.1) is 0 Å². The van der Waals surface area contributed by atoms with E-state index < -0.39 is 0 Å². The van der Waals surface area contributed by atoms with E-state index in [9.17, 15) is 0 Å². The average Bonchev–Trinajstić information content (AvgIpc) is 2.27. The molecule has 0 aromatic heterocycles. The molecule has 0 atom stereocenters. The maximum Gasteiger partial charge on any atom is 0.0426 e. The fourth-order valence-electron chi connectivity index (χ4n) is 1.54. The standard InChI is InChI=1S/C15H12Cl2/c1-11-2-4-12(5-3-11)6-7-13-8-14(16)10-15(17)9-13/h2-10H,1H3/b7-6+. The lowest BCUT2D eigenvalue weighted by Crippen LogP contribution is -1.75. The van der Waals surface area contributed by atoms with Crippen molar-refractivity contribution in [1.29, 1.82) is 0 Å². The van der Waals surface area contributed by atoms with Crippen molar-refractivity contribution >= 4 is 35.4 Å². The molecule has 0 amide bonds. The predicted octanol–water partition coefficient (Wildman–Crippen LogP) is 5.47. The lowest BCUT2D eigenvalue weighted by Gasteiger charge is -1.98. The van der Waals surface area contributed by atoms with Crippen molar-refractivity contribution in [2.75, 3.05) is 0 Å². The fourth-order valence-corrected chi connectivity index (χ4v) is 2.08. The van der Waals surface area contributed by atoms with Crippen LogP contribution >= 0.6 is 23.2 Å². The summed E-state index contributed by atoms with van der Waals surface area (Å²) >= 11 is 11.9. The lowest BCUT2D eigenvalue weighted by molar-refractivity contribution is 1.46. The van der Waals surface area contributed by atoms with E-state index in [1.54, 1.807) is 6.07 Å². The number of hydrogen-bond acceptors (Lipinski definition) is 0. The van der Waals surface area contributed by atoms with Gasteiger partial charge in [-0.05, 0) is 36.2 Å². The van der Waals surface area contributed by atoms with Gasteiger partial charge in [0.25, 0.3) is 0 Å². The summed E-state index contributed by atoms with van der Waals surface area (Å²) in [4.78, 5) is 0. The first-order valence-electron chi connectivity index (χ1n) is 5.34. The van der Waals surface area contributed by atoms with Gasteiger partial charge in [-0.25, -0.2) is 0 Å². The summed E-state index contributed by atoms with van der Waals surface area (Å²) in [6.45, 7) is 2.07. The largest absolute Gasteiger partial charge is 0.0843 e. The third-order valence-corrected chi connectivity index (χ3v) is 2.87. The van der Waals surface area contributed by atoms with E-state index in [2.05, 4.69) is 31.2 Å². The maximum atomic E-state index is 5.93. The number of rotatable bonds is 2. The van der Waals surface area contributed by atoms with Gasteiger partial charge in [-0.1, -0.05) is 65.2 Å². The van der Waals surface area contributed by atoms with Crippen molar-refractivity contribution in [2.24, 2.45) is 0 Å². The van der Waals surface area contributed by atoms with Crippen LogP contribution in [0.1, 0.15) is 16.7 Å². The summed E-state index contributed by atoms with van der Waals surface area (Å²) in [5.74, 6) is 0. The van der Waals surface area contributed by atoms with E-state index >= 15 is 0 Å². The molecule has 2 heteroatoms. The molecule has 0 heterocycles. The van der Waals surface area contributed by atoms with Crippen molar-refractivity contribution < 1.29 is 0 Å². The zero-order valence-corrected chi connectivity index (χ0v) is 11.0. The first-order chi connectivity index (χ1) is 8.13. The third kappa shape index (κ3) is 3.62. The van der Waals surface area contributed by atoms with Gasteiger partial charge in [-0.2, -0.15) is 0 Å². The second kappa shape index (κ2) is 5.39. The molecule has 0 unspecified atom stereocenters. The van der Waals surface area contributed by atoms with Crippen LogP contribution in [0.4, 0.5) is 0 Å². The molecule has 0 aliphatic heterocycles. The van der Waals surface area contributed by atoms with Crippen LogP contribution in [0.5, 0.6) is 0 Å². The first-order valence-corrected chi connectivity index (χ1v) is 6.10. The maximum absolute atomic E-state index is 5.93.